The number of rotatable bonds is 2. The zero-order chi connectivity index (χ0) is 13.9. The minimum absolute atomic E-state index is 0.116. The van der Waals surface area contributed by atoms with Gasteiger partial charge in [-0.25, -0.2) is 0 Å². The Bertz CT molecular complexity index is 489. The molecule has 0 bridgehead atoms. The summed E-state index contributed by atoms with van der Waals surface area (Å²) in [6, 6.07) is 7.98. The second-order valence-corrected chi connectivity index (χ2v) is 5.75. The topological polar surface area (TPSA) is 55.6 Å². The van der Waals surface area contributed by atoms with E-state index < -0.39 is 0 Å². The summed E-state index contributed by atoms with van der Waals surface area (Å²) < 4.78 is 5.73. The number of hydrogen-bond acceptors (Lipinski definition) is 3. The van der Waals surface area contributed by atoms with Crippen molar-refractivity contribution in [2.75, 3.05) is 19.7 Å². The first kappa shape index (κ1) is 13.4. The molecule has 1 saturated carbocycles. The molecule has 2 atom stereocenters. The molecule has 3 rings (SSSR count). The van der Waals surface area contributed by atoms with E-state index in [1.165, 1.54) is 0 Å². The maximum Gasteiger partial charge on any atom is 0.226 e. The molecule has 1 aliphatic carbocycles. The van der Waals surface area contributed by atoms with Gasteiger partial charge in [-0.05, 0) is 31.4 Å². The molecule has 20 heavy (non-hydrogen) atoms. The standard InChI is InChI=1S/C16H22N2O2/c17-10-12-5-3-6-14(12)16(19)18-8-9-20-15-7-2-1-4-13(15)11-18/h1-2,4,7,12,14H,3,5-6,8-11,17H2. The van der Waals surface area contributed by atoms with Gasteiger partial charge in [-0.2, -0.15) is 0 Å². The van der Waals surface area contributed by atoms with Crippen molar-refractivity contribution in [1.82, 2.24) is 4.90 Å². The molecule has 4 heteroatoms. The third-order valence-electron chi connectivity index (χ3n) is 4.54. The van der Waals surface area contributed by atoms with Gasteiger partial charge >= 0.3 is 0 Å². The van der Waals surface area contributed by atoms with E-state index in [1.54, 1.807) is 0 Å². The Hall–Kier alpha value is -1.55. The third kappa shape index (κ3) is 2.52. The minimum Gasteiger partial charge on any atom is -0.491 e. The number of benzene rings is 1. The van der Waals surface area contributed by atoms with Crippen LogP contribution in [-0.4, -0.2) is 30.5 Å². The van der Waals surface area contributed by atoms with Crippen molar-refractivity contribution in [2.24, 2.45) is 17.6 Å². The molecular formula is C16H22N2O2. The summed E-state index contributed by atoms with van der Waals surface area (Å²) in [4.78, 5) is 14.7. The number of carbonyl (C=O) groups is 1. The first-order valence-corrected chi connectivity index (χ1v) is 7.49. The van der Waals surface area contributed by atoms with Crippen LogP contribution >= 0.6 is 0 Å². The van der Waals surface area contributed by atoms with E-state index in [9.17, 15) is 4.79 Å². The van der Waals surface area contributed by atoms with Crippen LogP contribution in [0.25, 0.3) is 0 Å². The van der Waals surface area contributed by atoms with E-state index in [1.807, 2.05) is 29.2 Å². The summed E-state index contributed by atoms with van der Waals surface area (Å²) in [6.45, 7) is 2.52. The van der Waals surface area contributed by atoms with Gasteiger partial charge in [0, 0.05) is 18.0 Å². The van der Waals surface area contributed by atoms with E-state index in [4.69, 9.17) is 10.5 Å². The van der Waals surface area contributed by atoms with E-state index in [0.717, 1.165) is 30.6 Å². The molecule has 0 aromatic heterocycles. The highest BCUT2D eigenvalue weighted by Gasteiger charge is 2.35. The second-order valence-electron chi connectivity index (χ2n) is 5.75. The van der Waals surface area contributed by atoms with Gasteiger partial charge in [0.15, 0.2) is 0 Å². The van der Waals surface area contributed by atoms with Gasteiger partial charge in [-0.1, -0.05) is 24.6 Å². The zero-order valence-corrected chi connectivity index (χ0v) is 11.8. The third-order valence-corrected chi connectivity index (χ3v) is 4.54. The van der Waals surface area contributed by atoms with Crippen molar-refractivity contribution in [3.63, 3.8) is 0 Å². The highest BCUT2D eigenvalue weighted by atomic mass is 16.5. The van der Waals surface area contributed by atoms with Gasteiger partial charge in [-0.3, -0.25) is 4.79 Å². The van der Waals surface area contributed by atoms with Crippen LogP contribution in [0.4, 0.5) is 0 Å². The fourth-order valence-corrected chi connectivity index (χ4v) is 3.39. The molecular weight excluding hydrogens is 252 g/mol. The molecule has 1 aromatic rings. The van der Waals surface area contributed by atoms with Crippen LogP contribution in [0.5, 0.6) is 5.75 Å². The lowest BCUT2D eigenvalue weighted by molar-refractivity contribution is -0.137. The highest BCUT2D eigenvalue weighted by molar-refractivity contribution is 5.79. The smallest absolute Gasteiger partial charge is 0.226 e. The molecule has 2 aliphatic rings. The lowest BCUT2D eigenvalue weighted by atomic mass is 9.94. The van der Waals surface area contributed by atoms with Crippen LogP contribution in [0, 0.1) is 11.8 Å². The summed E-state index contributed by atoms with van der Waals surface area (Å²) in [5.74, 6) is 1.65. The SMILES string of the molecule is NCC1CCCC1C(=O)N1CCOc2ccccc2C1. The molecule has 0 saturated heterocycles. The van der Waals surface area contributed by atoms with Crippen LogP contribution < -0.4 is 10.5 Å². The number of carbonyl (C=O) groups excluding carboxylic acids is 1. The maximum absolute atomic E-state index is 12.7. The van der Waals surface area contributed by atoms with Crippen LogP contribution in [0.2, 0.25) is 0 Å². The summed E-state index contributed by atoms with van der Waals surface area (Å²) >= 11 is 0. The number of fused-ring (bicyclic) bond motifs is 1. The van der Waals surface area contributed by atoms with E-state index in [2.05, 4.69) is 0 Å². The number of para-hydroxylation sites is 1. The van der Waals surface area contributed by atoms with Crippen molar-refractivity contribution in [3.05, 3.63) is 29.8 Å². The summed E-state index contributed by atoms with van der Waals surface area (Å²) in [5.41, 5.74) is 6.90. The number of nitrogens with two attached hydrogens (primary N) is 1. The number of ether oxygens (including phenoxy) is 1. The Morgan fingerprint density at radius 2 is 2.20 bits per heavy atom. The predicted octanol–water partition coefficient (Wildman–Crippen LogP) is 1.78. The van der Waals surface area contributed by atoms with Crippen molar-refractivity contribution >= 4 is 5.91 Å². The van der Waals surface area contributed by atoms with Crippen molar-refractivity contribution in [3.8, 4) is 5.75 Å². The van der Waals surface area contributed by atoms with E-state index >= 15 is 0 Å². The van der Waals surface area contributed by atoms with Crippen molar-refractivity contribution in [1.29, 1.82) is 0 Å². The van der Waals surface area contributed by atoms with Crippen LogP contribution in [0.3, 0.4) is 0 Å². The molecule has 4 nitrogen and oxygen atoms in total. The minimum atomic E-state index is 0.116. The molecule has 1 aliphatic heterocycles. The van der Waals surface area contributed by atoms with Crippen LogP contribution in [0.1, 0.15) is 24.8 Å². The van der Waals surface area contributed by atoms with Gasteiger partial charge in [0.1, 0.15) is 12.4 Å². The van der Waals surface area contributed by atoms with Gasteiger partial charge in [-0.15, -0.1) is 0 Å². The van der Waals surface area contributed by atoms with Crippen molar-refractivity contribution < 1.29 is 9.53 Å². The summed E-state index contributed by atoms with van der Waals surface area (Å²) in [6.07, 6.45) is 3.20. The molecule has 0 spiro atoms. The molecule has 1 fully saturated rings. The Morgan fingerprint density at radius 1 is 1.35 bits per heavy atom. The highest BCUT2D eigenvalue weighted by Crippen LogP contribution is 2.33. The number of hydrogen-bond donors (Lipinski definition) is 1. The average molecular weight is 274 g/mol. The summed E-state index contributed by atoms with van der Waals surface area (Å²) in [5, 5.41) is 0. The fraction of sp³-hybridized carbons (Fsp3) is 0.562. The molecule has 0 radical (unpaired) electrons. The van der Waals surface area contributed by atoms with Crippen molar-refractivity contribution in [2.45, 2.75) is 25.8 Å². The first-order chi connectivity index (χ1) is 9.79. The van der Waals surface area contributed by atoms with Gasteiger partial charge in [0.2, 0.25) is 5.91 Å². The fourth-order valence-electron chi connectivity index (χ4n) is 3.39. The quantitative estimate of drug-likeness (QED) is 0.894. The second kappa shape index (κ2) is 5.83. The van der Waals surface area contributed by atoms with Gasteiger partial charge in [0.25, 0.3) is 0 Å². The number of amides is 1. The summed E-state index contributed by atoms with van der Waals surface area (Å²) in [7, 11) is 0. The molecule has 2 unspecified atom stereocenters. The first-order valence-electron chi connectivity index (χ1n) is 7.49. The Labute approximate surface area is 119 Å². The zero-order valence-electron chi connectivity index (χ0n) is 11.8. The molecule has 108 valence electrons. The molecule has 1 heterocycles. The molecule has 1 aromatic carbocycles. The van der Waals surface area contributed by atoms with E-state index in [-0.39, 0.29) is 11.8 Å². The lowest BCUT2D eigenvalue weighted by Crippen LogP contribution is -2.39. The monoisotopic (exact) mass is 274 g/mol. The predicted molar refractivity (Wildman–Crippen MR) is 77.2 cm³/mol. The maximum atomic E-state index is 12.7. The number of nitrogens with zero attached hydrogens (tertiary/aromatic N) is 1. The lowest BCUT2D eigenvalue weighted by Gasteiger charge is -2.26. The largest absolute Gasteiger partial charge is 0.491 e. The Morgan fingerprint density at radius 3 is 3.05 bits per heavy atom. The van der Waals surface area contributed by atoms with Gasteiger partial charge < -0.3 is 15.4 Å². The molecule has 2 N–H and O–H groups in total. The van der Waals surface area contributed by atoms with Crippen LogP contribution in [0.15, 0.2) is 24.3 Å². The average Bonchev–Trinajstić information content (AvgIpc) is 2.85. The van der Waals surface area contributed by atoms with Crippen LogP contribution in [-0.2, 0) is 11.3 Å². The van der Waals surface area contributed by atoms with Gasteiger partial charge in [0.05, 0.1) is 6.54 Å². The normalized spacial score (nSPS) is 25.8. The Kier molecular flexibility index (Phi) is 3.92. The van der Waals surface area contributed by atoms with E-state index in [0.29, 0.717) is 32.2 Å². The molecule has 1 amide bonds. The Balaban J connectivity index is 1.76.